The van der Waals surface area contributed by atoms with Crippen LogP contribution in [0.2, 0.25) is 0 Å². The fourth-order valence-corrected chi connectivity index (χ4v) is 3.81. The van der Waals surface area contributed by atoms with Crippen molar-refractivity contribution < 1.29 is 9.53 Å². The lowest BCUT2D eigenvalue weighted by atomic mass is 10.1. The Bertz CT molecular complexity index is 844. The summed E-state index contributed by atoms with van der Waals surface area (Å²) in [4.78, 5) is 12.0. The molecule has 0 aliphatic carbocycles. The van der Waals surface area contributed by atoms with Crippen LogP contribution in [0.4, 0.5) is 0 Å². The fourth-order valence-electron chi connectivity index (χ4n) is 2.16. The second kappa shape index (κ2) is 8.13. The Balaban J connectivity index is 1.56. The van der Waals surface area contributed by atoms with Crippen LogP contribution in [0.25, 0.3) is 11.3 Å². The standard InChI is InChI=1S/C16H17N5O2S2/c1-10-19-21-16(25-10)24-9-14(22)17-7-12-8-18-20-15(12)11-3-5-13(23-2)6-4-11/h3-6,8H,7,9H2,1-2H3,(H,17,22)(H,18,20). The molecule has 0 atom stereocenters. The average molecular weight is 375 g/mol. The van der Waals surface area contributed by atoms with Gasteiger partial charge in [0.25, 0.3) is 0 Å². The van der Waals surface area contributed by atoms with Crippen LogP contribution in [0, 0.1) is 6.92 Å². The van der Waals surface area contributed by atoms with E-state index in [9.17, 15) is 4.79 Å². The van der Waals surface area contributed by atoms with Crippen LogP contribution < -0.4 is 10.1 Å². The Morgan fingerprint density at radius 3 is 2.80 bits per heavy atom. The van der Waals surface area contributed by atoms with Crippen molar-refractivity contribution in [3.05, 3.63) is 41.0 Å². The van der Waals surface area contributed by atoms with Gasteiger partial charge in [0.15, 0.2) is 4.34 Å². The van der Waals surface area contributed by atoms with Crippen molar-refractivity contribution in [3.8, 4) is 17.0 Å². The maximum atomic E-state index is 12.0. The highest BCUT2D eigenvalue weighted by Crippen LogP contribution is 2.24. The Labute approximate surface area is 153 Å². The Morgan fingerprint density at radius 1 is 1.32 bits per heavy atom. The average Bonchev–Trinajstić information content (AvgIpc) is 3.27. The summed E-state index contributed by atoms with van der Waals surface area (Å²) in [6.45, 7) is 2.30. The Morgan fingerprint density at radius 2 is 2.12 bits per heavy atom. The van der Waals surface area contributed by atoms with Gasteiger partial charge < -0.3 is 10.1 Å². The number of aromatic nitrogens is 4. The molecule has 0 aliphatic heterocycles. The molecular formula is C16H17N5O2S2. The van der Waals surface area contributed by atoms with Gasteiger partial charge in [0, 0.05) is 17.7 Å². The summed E-state index contributed by atoms with van der Waals surface area (Å²) in [5, 5.41) is 18.8. The van der Waals surface area contributed by atoms with E-state index in [1.165, 1.54) is 23.1 Å². The molecule has 130 valence electrons. The van der Waals surface area contributed by atoms with E-state index in [0.29, 0.717) is 12.3 Å². The molecule has 3 aromatic rings. The van der Waals surface area contributed by atoms with Crippen LogP contribution in [-0.2, 0) is 11.3 Å². The molecule has 9 heteroatoms. The SMILES string of the molecule is COc1ccc(-c2[nH]ncc2CNC(=O)CSc2nnc(C)s2)cc1. The molecule has 0 unspecified atom stereocenters. The molecule has 25 heavy (non-hydrogen) atoms. The summed E-state index contributed by atoms with van der Waals surface area (Å²) in [5.41, 5.74) is 2.80. The van der Waals surface area contributed by atoms with E-state index in [1.807, 2.05) is 31.2 Å². The Kier molecular flexibility index (Phi) is 5.67. The van der Waals surface area contributed by atoms with Gasteiger partial charge in [-0.1, -0.05) is 23.1 Å². The van der Waals surface area contributed by atoms with Crippen LogP contribution in [0.1, 0.15) is 10.6 Å². The van der Waals surface area contributed by atoms with Crippen molar-refractivity contribution >= 4 is 29.0 Å². The van der Waals surface area contributed by atoms with E-state index in [0.717, 1.165) is 31.9 Å². The quantitative estimate of drug-likeness (QED) is 0.617. The van der Waals surface area contributed by atoms with Crippen molar-refractivity contribution in [1.29, 1.82) is 0 Å². The molecule has 0 spiro atoms. The van der Waals surface area contributed by atoms with Gasteiger partial charge in [-0.05, 0) is 31.2 Å². The van der Waals surface area contributed by atoms with Crippen molar-refractivity contribution in [1.82, 2.24) is 25.7 Å². The number of aryl methyl sites for hydroxylation is 1. The van der Waals surface area contributed by atoms with Gasteiger partial charge in [0.1, 0.15) is 10.8 Å². The van der Waals surface area contributed by atoms with Crippen molar-refractivity contribution in [2.24, 2.45) is 0 Å². The topological polar surface area (TPSA) is 92.8 Å². The van der Waals surface area contributed by atoms with Gasteiger partial charge in [-0.2, -0.15) is 5.10 Å². The number of rotatable bonds is 7. The lowest BCUT2D eigenvalue weighted by Crippen LogP contribution is -2.24. The minimum Gasteiger partial charge on any atom is -0.497 e. The first-order valence-corrected chi connectivity index (χ1v) is 9.32. The first-order chi connectivity index (χ1) is 12.2. The monoisotopic (exact) mass is 375 g/mol. The van der Waals surface area contributed by atoms with Crippen LogP contribution in [0.5, 0.6) is 5.75 Å². The summed E-state index contributed by atoms with van der Waals surface area (Å²) in [7, 11) is 1.63. The maximum Gasteiger partial charge on any atom is 0.230 e. The third kappa shape index (κ3) is 4.58. The van der Waals surface area contributed by atoms with Crippen LogP contribution >= 0.6 is 23.1 Å². The highest BCUT2D eigenvalue weighted by Gasteiger charge is 2.11. The molecule has 0 saturated heterocycles. The number of thioether (sulfide) groups is 1. The number of benzene rings is 1. The predicted octanol–water partition coefficient (Wildman–Crippen LogP) is 2.65. The number of H-pyrrole nitrogens is 1. The first kappa shape index (κ1) is 17.4. The lowest BCUT2D eigenvalue weighted by Gasteiger charge is -2.06. The smallest absolute Gasteiger partial charge is 0.230 e. The second-order valence-corrected chi connectivity index (χ2v) is 7.56. The molecule has 7 nitrogen and oxygen atoms in total. The summed E-state index contributed by atoms with van der Waals surface area (Å²) in [5.74, 6) is 1.05. The van der Waals surface area contributed by atoms with E-state index >= 15 is 0 Å². The minimum atomic E-state index is -0.0558. The van der Waals surface area contributed by atoms with E-state index in [-0.39, 0.29) is 5.91 Å². The number of amides is 1. The molecule has 2 aromatic heterocycles. The molecular weight excluding hydrogens is 358 g/mol. The highest BCUT2D eigenvalue weighted by atomic mass is 32.2. The molecule has 2 heterocycles. The van der Waals surface area contributed by atoms with Gasteiger partial charge >= 0.3 is 0 Å². The zero-order valence-electron chi connectivity index (χ0n) is 13.8. The molecule has 0 radical (unpaired) electrons. The van der Waals surface area contributed by atoms with Crippen LogP contribution in [0.15, 0.2) is 34.8 Å². The summed E-state index contributed by atoms with van der Waals surface area (Å²) < 4.78 is 5.97. The zero-order chi connectivity index (χ0) is 17.6. The highest BCUT2D eigenvalue weighted by molar-refractivity contribution is 8.01. The lowest BCUT2D eigenvalue weighted by molar-refractivity contribution is -0.118. The van der Waals surface area contributed by atoms with Crippen molar-refractivity contribution in [3.63, 3.8) is 0 Å². The molecule has 3 rings (SSSR count). The van der Waals surface area contributed by atoms with Crippen LogP contribution in [0.3, 0.4) is 0 Å². The third-order valence-corrected chi connectivity index (χ3v) is 5.38. The molecule has 0 bridgehead atoms. The Hall–Kier alpha value is -2.39. The van der Waals surface area contributed by atoms with E-state index in [2.05, 4.69) is 25.7 Å². The molecule has 1 aromatic carbocycles. The van der Waals surface area contributed by atoms with Gasteiger partial charge in [0.05, 0.1) is 24.8 Å². The molecule has 0 aliphatic rings. The summed E-state index contributed by atoms with van der Waals surface area (Å²) in [6, 6.07) is 7.68. The predicted molar refractivity (Wildman–Crippen MR) is 97.8 cm³/mol. The molecule has 1 amide bonds. The molecule has 0 fully saturated rings. The van der Waals surface area contributed by atoms with Crippen molar-refractivity contribution in [2.75, 3.05) is 12.9 Å². The third-order valence-electron chi connectivity index (χ3n) is 3.41. The van der Waals surface area contributed by atoms with Crippen molar-refractivity contribution in [2.45, 2.75) is 17.8 Å². The minimum absolute atomic E-state index is 0.0558. The first-order valence-electron chi connectivity index (χ1n) is 7.52. The molecule has 2 N–H and O–H groups in total. The normalized spacial score (nSPS) is 10.6. The van der Waals surface area contributed by atoms with Gasteiger partial charge in [0.2, 0.25) is 5.91 Å². The summed E-state index contributed by atoms with van der Waals surface area (Å²) in [6.07, 6.45) is 1.72. The number of hydrogen-bond acceptors (Lipinski definition) is 7. The summed E-state index contributed by atoms with van der Waals surface area (Å²) >= 11 is 2.87. The zero-order valence-corrected chi connectivity index (χ0v) is 15.4. The van der Waals surface area contributed by atoms with E-state index in [4.69, 9.17) is 4.74 Å². The number of nitrogens with one attached hydrogen (secondary N) is 2. The number of hydrogen-bond donors (Lipinski definition) is 2. The van der Waals surface area contributed by atoms with Gasteiger partial charge in [-0.25, -0.2) is 0 Å². The number of carbonyl (C=O) groups is 1. The number of nitrogens with zero attached hydrogens (tertiary/aromatic N) is 3. The fraction of sp³-hybridized carbons (Fsp3) is 0.250. The number of aromatic amines is 1. The number of carbonyl (C=O) groups excluding carboxylic acids is 1. The van der Waals surface area contributed by atoms with Gasteiger partial charge in [-0.15, -0.1) is 10.2 Å². The number of methoxy groups -OCH3 is 1. The second-order valence-electron chi connectivity index (χ2n) is 5.15. The van der Waals surface area contributed by atoms with Crippen LogP contribution in [-0.4, -0.2) is 39.2 Å². The largest absolute Gasteiger partial charge is 0.497 e. The maximum absolute atomic E-state index is 12.0. The van der Waals surface area contributed by atoms with E-state index in [1.54, 1.807) is 13.3 Å². The molecule has 0 saturated carbocycles. The van der Waals surface area contributed by atoms with Gasteiger partial charge in [-0.3, -0.25) is 9.89 Å². The number of ether oxygens (including phenoxy) is 1. The van der Waals surface area contributed by atoms with E-state index < -0.39 is 0 Å².